The van der Waals surface area contributed by atoms with Crippen LogP contribution in [0.1, 0.15) is 76.3 Å². The van der Waals surface area contributed by atoms with E-state index >= 15 is 0 Å². The van der Waals surface area contributed by atoms with E-state index in [0.29, 0.717) is 36.6 Å². The molecule has 1 aromatic heterocycles. The zero-order valence-corrected chi connectivity index (χ0v) is 43.7. The van der Waals surface area contributed by atoms with E-state index < -0.39 is 70.1 Å². The van der Waals surface area contributed by atoms with Crippen LogP contribution >= 0.6 is 23.6 Å². The number of aliphatic hydroxyl groups is 1. The van der Waals surface area contributed by atoms with Crippen LogP contribution in [0.25, 0.3) is 21.6 Å². The molecule has 4 amide bonds. The summed E-state index contributed by atoms with van der Waals surface area (Å²) in [7, 11) is 1.53. The van der Waals surface area contributed by atoms with Crippen LogP contribution in [0.15, 0.2) is 90.4 Å². The SMILES string of the molecule is COc1cc(OCCCCOCC(=O)N[C@H](C(=O)N2C[C@H](O)C[C@H]2C(=O)NCc2ccc(-c3scnc3C)cc2)C(C)(C)C)ccc1-c1ccc(N2C(=S)N(c3ccc(C#N)c(C(F)(F)F)c3)C(=O)C2(C)C)cc1. The van der Waals surface area contributed by atoms with E-state index in [2.05, 4.69) is 15.6 Å². The first kappa shape index (κ1) is 54.8. The van der Waals surface area contributed by atoms with Crippen LogP contribution in [0.5, 0.6) is 11.5 Å². The average molecular weight is 1050 g/mol. The molecule has 0 spiro atoms. The Morgan fingerprint density at radius 3 is 2.28 bits per heavy atom. The molecule has 2 fully saturated rings. The molecule has 7 rings (SSSR count). The predicted molar refractivity (Wildman–Crippen MR) is 278 cm³/mol. The predicted octanol–water partition coefficient (Wildman–Crippen LogP) is 8.59. The number of anilines is 2. The highest BCUT2D eigenvalue weighted by atomic mass is 32.1. The largest absolute Gasteiger partial charge is 0.496 e. The van der Waals surface area contributed by atoms with E-state index in [1.54, 1.807) is 65.9 Å². The number of thiazole rings is 1. The van der Waals surface area contributed by atoms with Crippen LogP contribution < -0.4 is 29.9 Å². The number of nitrogens with one attached hydrogen (secondary N) is 2. The number of benzene rings is 4. The number of β-amino-alcohol motifs (C(OH)–C–C–N with tert-alkyl or cyclic N) is 1. The van der Waals surface area contributed by atoms with Gasteiger partial charge in [0.05, 0.1) is 58.8 Å². The van der Waals surface area contributed by atoms with Gasteiger partial charge in [0.1, 0.15) is 35.7 Å². The van der Waals surface area contributed by atoms with Gasteiger partial charge in [-0.05, 0) is 110 Å². The lowest BCUT2D eigenvalue weighted by Gasteiger charge is -2.35. The van der Waals surface area contributed by atoms with Gasteiger partial charge in [0.25, 0.3) is 5.91 Å². The number of aliphatic hydroxyl groups excluding tert-OH is 1. The summed E-state index contributed by atoms with van der Waals surface area (Å²) in [5.74, 6) is -0.814. The Labute approximate surface area is 437 Å². The molecule has 390 valence electrons. The molecule has 0 unspecified atom stereocenters. The zero-order valence-electron chi connectivity index (χ0n) is 42.0. The number of halogens is 3. The summed E-state index contributed by atoms with van der Waals surface area (Å²) < 4.78 is 58.8. The smallest absolute Gasteiger partial charge is 0.417 e. The van der Waals surface area contributed by atoms with Crippen molar-refractivity contribution < 1.29 is 51.7 Å². The number of likely N-dealkylation sites (tertiary alicyclic amines) is 1. The highest BCUT2D eigenvalue weighted by Crippen LogP contribution is 2.41. The second kappa shape index (κ2) is 22.7. The van der Waals surface area contributed by atoms with E-state index in [0.717, 1.165) is 49.9 Å². The van der Waals surface area contributed by atoms with Crippen molar-refractivity contribution in [1.82, 2.24) is 20.5 Å². The van der Waals surface area contributed by atoms with Gasteiger partial charge in [-0.3, -0.25) is 24.1 Å². The molecule has 2 saturated heterocycles. The Hall–Kier alpha value is -6.92. The van der Waals surface area contributed by atoms with Gasteiger partial charge in [-0.1, -0.05) is 57.2 Å². The van der Waals surface area contributed by atoms with Crippen molar-refractivity contribution in [3.05, 3.63) is 113 Å². The number of aryl methyl sites for hydroxylation is 1. The van der Waals surface area contributed by atoms with Crippen molar-refractivity contribution in [2.24, 2.45) is 5.41 Å². The average Bonchev–Trinajstić information content (AvgIpc) is 4.03. The molecule has 3 atom stereocenters. The lowest BCUT2D eigenvalue weighted by atomic mass is 9.85. The van der Waals surface area contributed by atoms with Gasteiger partial charge >= 0.3 is 6.18 Å². The standard InChI is InChI=1S/C54H58F3N7O8S2/c1-32-46(74-31-60-32)35-12-10-33(11-13-35)28-59-48(67)43-25-39(65)29-62(43)49(68)47(52(2,3)4)61-45(66)30-71-22-8-9-23-72-40-20-21-41(44(26-40)70-7)34-14-17-37(18-15-34)64-51(73)63(50(69)53(64,5)6)38-19-16-36(27-58)42(24-38)54(55,56)57/h10-21,24,26,31,39,43,47,65H,8-9,22-23,25,28-30H2,1-7H3,(H,59,67)(H,61,66)/t39-,43+,47-/m1/s1. The topological polar surface area (TPSA) is 187 Å². The number of hydrogen-bond donors (Lipinski definition) is 3. The molecule has 4 aromatic carbocycles. The summed E-state index contributed by atoms with van der Waals surface area (Å²) in [5, 5.41) is 25.6. The number of methoxy groups -OCH3 is 1. The maximum absolute atomic E-state index is 14.0. The molecule has 74 heavy (non-hydrogen) atoms. The number of carbonyl (C=O) groups is 4. The molecular weight excluding hydrogens is 996 g/mol. The summed E-state index contributed by atoms with van der Waals surface area (Å²) in [6.07, 6.45) is -4.48. The number of ether oxygens (including phenoxy) is 3. The number of unbranched alkanes of at least 4 members (excludes halogenated alkanes) is 1. The fraction of sp³-hybridized carbons (Fsp3) is 0.389. The summed E-state index contributed by atoms with van der Waals surface area (Å²) in [4.78, 5) is 63.7. The molecule has 2 aliphatic rings. The number of carbonyl (C=O) groups excluding carboxylic acids is 4. The summed E-state index contributed by atoms with van der Waals surface area (Å²) in [6, 6.07) is 23.0. The second-order valence-corrected chi connectivity index (χ2v) is 20.8. The first-order valence-corrected chi connectivity index (χ1v) is 25.2. The lowest BCUT2D eigenvalue weighted by molar-refractivity contribution is -0.144. The van der Waals surface area contributed by atoms with Gasteiger partial charge < -0.3 is 39.8 Å². The lowest BCUT2D eigenvalue weighted by Crippen LogP contribution is -2.58. The number of thiocarbonyl (C=S) groups is 1. The Bertz CT molecular complexity index is 2930. The van der Waals surface area contributed by atoms with Crippen molar-refractivity contribution in [2.45, 2.75) is 97.3 Å². The van der Waals surface area contributed by atoms with Crippen molar-refractivity contribution in [3.8, 4) is 39.1 Å². The van der Waals surface area contributed by atoms with Crippen molar-refractivity contribution in [3.63, 3.8) is 0 Å². The number of aromatic nitrogens is 1. The third kappa shape index (κ3) is 12.2. The Kier molecular flexibility index (Phi) is 16.8. The molecule has 0 saturated carbocycles. The second-order valence-electron chi connectivity index (χ2n) is 19.6. The van der Waals surface area contributed by atoms with Gasteiger partial charge in [-0.2, -0.15) is 18.4 Å². The molecule has 20 heteroatoms. The van der Waals surface area contributed by atoms with Gasteiger partial charge in [0, 0.05) is 43.4 Å². The first-order valence-electron chi connectivity index (χ1n) is 23.9. The number of amides is 4. The quantitative estimate of drug-likeness (QED) is 0.0562. The van der Waals surface area contributed by atoms with Crippen molar-refractivity contribution in [2.75, 3.05) is 43.3 Å². The van der Waals surface area contributed by atoms with E-state index in [-0.39, 0.29) is 43.5 Å². The van der Waals surface area contributed by atoms with E-state index in [9.17, 15) is 42.7 Å². The summed E-state index contributed by atoms with van der Waals surface area (Å²) >= 11 is 7.25. The molecule has 2 aliphatic heterocycles. The van der Waals surface area contributed by atoms with Gasteiger partial charge in [-0.25, -0.2) is 4.98 Å². The van der Waals surface area contributed by atoms with E-state index in [4.69, 9.17) is 26.4 Å². The third-order valence-corrected chi connectivity index (χ3v) is 14.2. The summed E-state index contributed by atoms with van der Waals surface area (Å²) in [5.41, 5.74) is 2.88. The normalized spacial score (nSPS) is 17.0. The molecule has 15 nitrogen and oxygen atoms in total. The summed E-state index contributed by atoms with van der Waals surface area (Å²) in [6.45, 7) is 11.1. The van der Waals surface area contributed by atoms with Crippen LogP contribution in [0.3, 0.4) is 0 Å². The zero-order chi connectivity index (χ0) is 53.7. The van der Waals surface area contributed by atoms with Crippen LogP contribution in [0.4, 0.5) is 24.5 Å². The van der Waals surface area contributed by atoms with Gasteiger partial charge in [-0.15, -0.1) is 11.3 Å². The maximum atomic E-state index is 14.0. The Balaban J connectivity index is 0.867. The van der Waals surface area contributed by atoms with Crippen LogP contribution in [-0.4, -0.2) is 101 Å². The molecule has 3 N–H and O–H groups in total. The van der Waals surface area contributed by atoms with Crippen LogP contribution in [0.2, 0.25) is 0 Å². The molecule has 3 heterocycles. The Morgan fingerprint density at radius 2 is 1.65 bits per heavy atom. The van der Waals surface area contributed by atoms with Crippen LogP contribution in [0, 0.1) is 23.7 Å². The van der Waals surface area contributed by atoms with Gasteiger partial charge in [0.15, 0.2) is 5.11 Å². The minimum Gasteiger partial charge on any atom is -0.496 e. The molecule has 0 bridgehead atoms. The number of hydrogen-bond acceptors (Lipinski definition) is 12. The highest BCUT2D eigenvalue weighted by Gasteiger charge is 2.51. The first-order chi connectivity index (χ1) is 35.0. The van der Waals surface area contributed by atoms with Crippen LogP contribution in [-0.2, 0) is 36.6 Å². The minimum absolute atomic E-state index is 0.0178. The minimum atomic E-state index is -4.82. The number of nitrogens with zero attached hydrogens (tertiary/aromatic N) is 5. The fourth-order valence-corrected chi connectivity index (χ4v) is 10.2. The number of nitriles is 1. The number of alkyl halides is 3. The monoisotopic (exact) mass is 1050 g/mol. The molecule has 0 aliphatic carbocycles. The van der Waals surface area contributed by atoms with Gasteiger partial charge in [0.2, 0.25) is 17.7 Å². The number of rotatable bonds is 18. The van der Waals surface area contributed by atoms with E-state index in [1.165, 1.54) is 18.1 Å². The maximum Gasteiger partial charge on any atom is 0.417 e. The fourth-order valence-electron chi connectivity index (χ4n) is 8.89. The van der Waals surface area contributed by atoms with Crippen molar-refractivity contribution >= 4 is 63.7 Å². The molecular formula is C54H58F3N7O8S2. The molecule has 5 aromatic rings. The Morgan fingerprint density at radius 1 is 0.973 bits per heavy atom. The van der Waals surface area contributed by atoms with E-state index in [1.807, 2.05) is 70.2 Å². The highest BCUT2D eigenvalue weighted by molar-refractivity contribution is 7.81. The third-order valence-electron chi connectivity index (χ3n) is 12.9. The van der Waals surface area contributed by atoms with Crippen molar-refractivity contribution in [1.29, 1.82) is 5.26 Å². The molecule has 0 radical (unpaired) electrons.